The predicted molar refractivity (Wildman–Crippen MR) is 261 cm³/mol. The molecule has 0 bridgehead atoms. The summed E-state index contributed by atoms with van der Waals surface area (Å²) in [6, 6.07) is 86.5. The Bertz CT molecular complexity index is 3260. The summed E-state index contributed by atoms with van der Waals surface area (Å²) in [7, 11) is 0. The Morgan fingerprint density at radius 1 is 0.210 bits per heavy atom. The first-order valence-corrected chi connectivity index (χ1v) is 21.1. The predicted octanol–water partition coefficient (Wildman–Crippen LogP) is 16.1. The molecule has 2 aromatic heterocycles. The molecular weight excluding hydrogens is 749 g/mol. The van der Waals surface area contributed by atoms with Crippen molar-refractivity contribution in [3.63, 3.8) is 0 Å². The molecule has 9 aromatic carbocycles. The molecule has 0 atom stereocenters. The highest BCUT2D eigenvalue weighted by Crippen LogP contribution is 2.40. The van der Waals surface area contributed by atoms with Gasteiger partial charge in [0.15, 0.2) is 0 Å². The number of hydrogen-bond acceptors (Lipinski definition) is 2. The average Bonchev–Trinajstić information content (AvgIpc) is 3.37. The maximum Gasteiger partial charge on any atom is 0.0722 e. The molecule has 2 heterocycles. The van der Waals surface area contributed by atoms with Gasteiger partial charge in [-0.05, 0) is 103 Å². The molecule has 0 aliphatic heterocycles. The molecule has 2 heteroatoms. The average molecular weight is 789 g/mol. The van der Waals surface area contributed by atoms with Gasteiger partial charge in [0.2, 0.25) is 0 Å². The zero-order chi connectivity index (χ0) is 41.2. The summed E-state index contributed by atoms with van der Waals surface area (Å²) in [4.78, 5) is 10.6. The second kappa shape index (κ2) is 16.1. The highest BCUT2D eigenvalue weighted by molar-refractivity contribution is 6.17. The van der Waals surface area contributed by atoms with Crippen LogP contribution in [0.15, 0.2) is 243 Å². The van der Waals surface area contributed by atoms with E-state index in [9.17, 15) is 0 Å². The Balaban J connectivity index is 1.02. The van der Waals surface area contributed by atoms with Gasteiger partial charge in [-0.25, -0.2) is 9.97 Å². The third-order valence-electron chi connectivity index (χ3n) is 11.9. The van der Waals surface area contributed by atoms with Crippen LogP contribution in [0.3, 0.4) is 0 Å². The quantitative estimate of drug-likeness (QED) is 0.143. The molecule has 0 fully saturated rings. The molecule has 0 radical (unpaired) electrons. The van der Waals surface area contributed by atoms with Gasteiger partial charge in [-0.3, -0.25) is 0 Å². The molecule has 0 saturated heterocycles. The highest BCUT2D eigenvalue weighted by Gasteiger charge is 2.16. The maximum absolute atomic E-state index is 5.34. The van der Waals surface area contributed by atoms with Gasteiger partial charge in [-0.1, -0.05) is 206 Å². The van der Waals surface area contributed by atoms with E-state index in [2.05, 4.69) is 237 Å². The van der Waals surface area contributed by atoms with Crippen LogP contribution in [0.2, 0.25) is 0 Å². The van der Waals surface area contributed by atoms with Gasteiger partial charge in [0.1, 0.15) is 0 Å². The van der Waals surface area contributed by atoms with Gasteiger partial charge in [-0.15, -0.1) is 0 Å². The van der Waals surface area contributed by atoms with E-state index in [-0.39, 0.29) is 0 Å². The lowest BCUT2D eigenvalue weighted by Crippen LogP contribution is -1.93. The Morgan fingerprint density at radius 2 is 0.645 bits per heavy atom. The van der Waals surface area contributed by atoms with Crippen LogP contribution in [0, 0.1) is 0 Å². The molecule has 0 saturated carbocycles. The summed E-state index contributed by atoms with van der Waals surface area (Å²) in [6.45, 7) is 0. The molecule has 0 aliphatic carbocycles. The first kappa shape index (κ1) is 36.8. The second-order valence-electron chi connectivity index (χ2n) is 15.7. The van der Waals surface area contributed by atoms with Crippen molar-refractivity contribution in [2.75, 3.05) is 0 Å². The number of rotatable bonds is 8. The molecular formula is C60H40N2. The fourth-order valence-electron chi connectivity index (χ4n) is 8.76. The lowest BCUT2D eigenvalue weighted by Gasteiger charge is -2.15. The fourth-order valence-corrected chi connectivity index (χ4v) is 8.76. The lowest BCUT2D eigenvalue weighted by molar-refractivity contribution is 1.32. The zero-order valence-electron chi connectivity index (χ0n) is 34.0. The fraction of sp³-hybridized carbons (Fsp3) is 0. The molecule has 0 unspecified atom stereocenters. The third kappa shape index (κ3) is 7.14. The molecule has 0 N–H and O–H groups in total. The van der Waals surface area contributed by atoms with Crippen molar-refractivity contribution in [1.29, 1.82) is 0 Å². The number of benzene rings is 9. The van der Waals surface area contributed by atoms with E-state index in [0.717, 1.165) is 61.4 Å². The van der Waals surface area contributed by atoms with E-state index in [0.29, 0.717) is 0 Å². The second-order valence-corrected chi connectivity index (χ2v) is 15.7. The number of fused-ring (bicyclic) bond motifs is 3. The van der Waals surface area contributed by atoms with Crippen LogP contribution in [0.4, 0.5) is 0 Å². The van der Waals surface area contributed by atoms with Crippen molar-refractivity contribution < 1.29 is 0 Å². The van der Waals surface area contributed by atoms with E-state index >= 15 is 0 Å². The van der Waals surface area contributed by atoms with E-state index in [1.165, 1.54) is 49.7 Å². The monoisotopic (exact) mass is 788 g/mol. The minimum atomic E-state index is 0.934. The van der Waals surface area contributed by atoms with Crippen LogP contribution in [-0.2, 0) is 0 Å². The summed E-state index contributed by atoms with van der Waals surface area (Å²) in [5, 5.41) is 3.55. The smallest absolute Gasteiger partial charge is 0.0722 e. The van der Waals surface area contributed by atoms with E-state index < -0.39 is 0 Å². The van der Waals surface area contributed by atoms with Crippen LogP contribution in [0.1, 0.15) is 0 Å². The molecule has 0 aliphatic rings. The number of nitrogens with zero attached hydrogens (tertiary/aromatic N) is 2. The first-order valence-electron chi connectivity index (χ1n) is 21.1. The Labute approximate surface area is 362 Å². The van der Waals surface area contributed by atoms with Gasteiger partial charge < -0.3 is 0 Å². The van der Waals surface area contributed by atoms with Crippen LogP contribution < -0.4 is 0 Å². The number of pyridine rings is 2. The van der Waals surface area contributed by atoms with Crippen LogP contribution in [0.25, 0.3) is 111 Å². The Hall–Kier alpha value is -8.20. The standard InChI is InChI=1S/C60H40N2/c1-5-16-41(17-6-1)47-24-13-26-49(36-47)57-38-51(39-58(62-57)50-27-14-25-48(37-50)42-18-7-2-8-19-42)43-30-32-45(33-31-43)52-28-15-29-54-53(52)34-35-56-60(54)55(44-20-9-3-10-21-44)40-59(61-56)46-22-11-4-12-23-46/h1-40H. The van der Waals surface area contributed by atoms with Gasteiger partial charge in [0.25, 0.3) is 0 Å². The van der Waals surface area contributed by atoms with Crippen molar-refractivity contribution in [1.82, 2.24) is 9.97 Å². The summed E-state index contributed by atoms with van der Waals surface area (Å²) in [6.07, 6.45) is 0. The SMILES string of the molecule is c1ccc(-c2cccc(-c3cc(-c4ccc(-c5cccc6c5ccc5nc(-c7ccccc7)cc(-c7ccccc7)c56)cc4)cc(-c4cccc(-c5ccccc5)c4)n3)c2)cc1. The van der Waals surface area contributed by atoms with E-state index in [1.807, 2.05) is 6.07 Å². The first-order chi connectivity index (χ1) is 30.7. The van der Waals surface area contributed by atoms with Crippen molar-refractivity contribution in [3.05, 3.63) is 243 Å². The summed E-state index contributed by atoms with van der Waals surface area (Å²) in [5.74, 6) is 0. The van der Waals surface area contributed by atoms with Crippen molar-refractivity contribution in [2.24, 2.45) is 0 Å². The minimum absolute atomic E-state index is 0.934. The van der Waals surface area contributed by atoms with Crippen LogP contribution in [-0.4, -0.2) is 9.97 Å². The van der Waals surface area contributed by atoms with Gasteiger partial charge in [0, 0.05) is 22.1 Å². The maximum atomic E-state index is 5.34. The molecule has 11 rings (SSSR count). The topological polar surface area (TPSA) is 25.8 Å². The number of aromatic nitrogens is 2. The Kier molecular flexibility index (Phi) is 9.57. The van der Waals surface area contributed by atoms with Crippen molar-refractivity contribution in [3.8, 4) is 89.4 Å². The lowest BCUT2D eigenvalue weighted by atomic mass is 9.91. The normalized spacial score (nSPS) is 11.2. The highest BCUT2D eigenvalue weighted by atomic mass is 14.7. The molecule has 2 nitrogen and oxygen atoms in total. The molecule has 0 spiro atoms. The largest absolute Gasteiger partial charge is 0.248 e. The minimum Gasteiger partial charge on any atom is -0.248 e. The molecule has 11 aromatic rings. The van der Waals surface area contributed by atoms with Gasteiger partial charge >= 0.3 is 0 Å². The summed E-state index contributed by atoms with van der Waals surface area (Å²) < 4.78 is 0. The summed E-state index contributed by atoms with van der Waals surface area (Å²) >= 11 is 0. The molecule has 62 heavy (non-hydrogen) atoms. The molecule has 0 amide bonds. The van der Waals surface area contributed by atoms with Gasteiger partial charge in [0.05, 0.1) is 22.6 Å². The number of hydrogen-bond donors (Lipinski definition) is 0. The Morgan fingerprint density at radius 3 is 1.23 bits per heavy atom. The third-order valence-corrected chi connectivity index (χ3v) is 11.9. The zero-order valence-corrected chi connectivity index (χ0v) is 34.0. The van der Waals surface area contributed by atoms with Crippen molar-refractivity contribution in [2.45, 2.75) is 0 Å². The van der Waals surface area contributed by atoms with E-state index in [1.54, 1.807) is 0 Å². The van der Waals surface area contributed by atoms with Crippen LogP contribution in [0.5, 0.6) is 0 Å². The van der Waals surface area contributed by atoms with E-state index in [4.69, 9.17) is 9.97 Å². The summed E-state index contributed by atoms with van der Waals surface area (Å²) in [5.41, 5.74) is 18.7. The van der Waals surface area contributed by atoms with Gasteiger partial charge in [-0.2, -0.15) is 0 Å². The van der Waals surface area contributed by atoms with Crippen molar-refractivity contribution >= 4 is 21.7 Å². The molecule has 290 valence electrons. The van der Waals surface area contributed by atoms with Crippen LogP contribution >= 0.6 is 0 Å².